The zero-order valence-corrected chi connectivity index (χ0v) is 23.0. The van der Waals surface area contributed by atoms with E-state index in [9.17, 15) is 14.4 Å². The Morgan fingerprint density at radius 2 is 1.69 bits per heavy atom. The summed E-state index contributed by atoms with van der Waals surface area (Å²) >= 11 is 6.06. The van der Waals surface area contributed by atoms with Gasteiger partial charge in [-0.15, -0.1) is 0 Å². The highest BCUT2D eigenvalue weighted by molar-refractivity contribution is 6.30. The molecule has 0 aliphatic carbocycles. The third kappa shape index (κ3) is 6.38. The van der Waals surface area contributed by atoms with Gasteiger partial charge in [0.1, 0.15) is 18.0 Å². The van der Waals surface area contributed by atoms with Gasteiger partial charge in [-0.25, -0.2) is 24.0 Å². The first kappa shape index (κ1) is 27.7. The Morgan fingerprint density at radius 3 is 2.38 bits per heavy atom. The number of carbonyl (C=O) groups excluding carboxylic acids is 3. The van der Waals surface area contributed by atoms with E-state index in [1.54, 1.807) is 45.0 Å². The number of hydrogen-bond donors (Lipinski definition) is 0. The molecule has 10 heteroatoms. The van der Waals surface area contributed by atoms with Gasteiger partial charge in [0.2, 0.25) is 5.82 Å². The highest BCUT2D eigenvalue weighted by atomic mass is 35.5. The monoisotopic (exact) mass is 549 g/mol. The fourth-order valence-electron chi connectivity index (χ4n) is 3.82. The van der Waals surface area contributed by atoms with E-state index in [4.69, 9.17) is 21.1 Å². The van der Waals surface area contributed by atoms with Crippen molar-refractivity contribution in [2.75, 3.05) is 14.2 Å². The molecule has 4 aromatic rings. The summed E-state index contributed by atoms with van der Waals surface area (Å²) in [6.07, 6.45) is -1.69. The van der Waals surface area contributed by atoms with E-state index in [0.717, 1.165) is 33.3 Å². The summed E-state index contributed by atoms with van der Waals surface area (Å²) < 4.78 is 17.2. The van der Waals surface area contributed by atoms with Crippen LogP contribution in [0.4, 0.5) is 9.59 Å². The predicted molar refractivity (Wildman–Crippen MR) is 147 cm³/mol. The number of methoxy groups -OCH3 is 1. The van der Waals surface area contributed by atoms with Crippen molar-refractivity contribution in [1.82, 2.24) is 14.5 Å². The molecule has 0 N–H and O–H groups in total. The van der Waals surface area contributed by atoms with Gasteiger partial charge >= 0.3 is 12.2 Å². The standard InChI is InChI=1S/C29H28ClN3O6/c1-29(2,3)39-28(36)33-24-13-12-20(16-23(24)31-25(33)26(34)32(4)27(35)37-5)19-9-7-11-22(15-19)38-17-18-8-6-10-21(30)14-18/h6-16H,17H2,1-5H3. The van der Waals surface area contributed by atoms with Crippen molar-refractivity contribution in [3.05, 3.63) is 83.1 Å². The highest BCUT2D eigenvalue weighted by Crippen LogP contribution is 2.29. The molecule has 1 heterocycles. The zero-order chi connectivity index (χ0) is 28.3. The number of aromatic nitrogens is 2. The fourth-order valence-corrected chi connectivity index (χ4v) is 4.04. The highest BCUT2D eigenvalue weighted by Gasteiger charge is 2.30. The molecule has 1 aromatic heterocycles. The molecule has 4 rings (SSSR count). The SMILES string of the molecule is COC(=O)N(C)C(=O)c1nc2cc(-c3cccc(OCc4cccc(Cl)c4)c3)ccc2n1C(=O)OC(C)(C)C. The summed E-state index contributed by atoms with van der Waals surface area (Å²) in [6.45, 7) is 5.49. The van der Waals surface area contributed by atoms with Crippen molar-refractivity contribution in [3.63, 3.8) is 0 Å². The maximum atomic E-state index is 13.1. The predicted octanol–water partition coefficient (Wildman–Crippen LogP) is 6.56. The van der Waals surface area contributed by atoms with E-state index in [1.807, 2.05) is 42.5 Å². The number of carbonyl (C=O) groups is 3. The van der Waals surface area contributed by atoms with Crippen LogP contribution in [0, 0.1) is 0 Å². The second-order valence-corrected chi connectivity index (χ2v) is 10.2. The molecule has 0 aliphatic rings. The molecule has 9 nitrogen and oxygen atoms in total. The summed E-state index contributed by atoms with van der Waals surface area (Å²) in [5, 5.41) is 0.639. The molecule has 0 spiro atoms. The Labute approximate surface area is 230 Å². The number of halogens is 1. The summed E-state index contributed by atoms with van der Waals surface area (Å²) in [7, 11) is 2.40. The van der Waals surface area contributed by atoms with E-state index >= 15 is 0 Å². The Hall–Kier alpha value is -4.37. The van der Waals surface area contributed by atoms with Crippen molar-refractivity contribution < 1.29 is 28.6 Å². The maximum absolute atomic E-state index is 13.1. The van der Waals surface area contributed by atoms with Crippen molar-refractivity contribution in [2.24, 2.45) is 0 Å². The number of nitrogens with zero attached hydrogens (tertiary/aromatic N) is 3. The second kappa shape index (κ2) is 11.2. The largest absolute Gasteiger partial charge is 0.489 e. The lowest BCUT2D eigenvalue weighted by molar-refractivity contribution is 0.0520. The number of fused-ring (bicyclic) bond motifs is 1. The van der Waals surface area contributed by atoms with Gasteiger partial charge in [0.15, 0.2) is 0 Å². The molecule has 0 saturated carbocycles. The van der Waals surface area contributed by atoms with Crippen LogP contribution < -0.4 is 4.74 Å². The van der Waals surface area contributed by atoms with Crippen LogP contribution in [0.15, 0.2) is 66.7 Å². The molecule has 0 atom stereocenters. The van der Waals surface area contributed by atoms with Crippen LogP contribution in [0.5, 0.6) is 5.75 Å². The summed E-state index contributed by atoms with van der Waals surface area (Å²) in [5.41, 5.74) is 2.45. The summed E-state index contributed by atoms with van der Waals surface area (Å²) in [4.78, 5) is 43.4. The van der Waals surface area contributed by atoms with Gasteiger partial charge in [-0.1, -0.05) is 41.9 Å². The minimum absolute atomic E-state index is 0.275. The molecule has 0 radical (unpaired) electrons. The van der Waals surface area contributed by atoms with Crippen molar-refractivity contribution >= 4 is 40.7 Å². The van der Waals surface area contributed by atoms with Crippen molar-refractivity contribution in [2.45, 2.75) is 33.0 Å². The Bertz CT molecular complexity index is 1560. The minimum atomic E-state index is -0.891. The van der Waals surface area contributed by atoms with E-state index in [2.05, 4.69) is 9.72 Å². The van der Waals surface area contributed by atoms with Gasteiger partial charge in [0, 0.05) is 12.1 Å². The molecule has 0 bridgehead atoms. The molecule has 0 aliphatic heterocycles. The fraction of sp³-hybridized carbons (Fsp3) is 0.241. The van der Waals surface area contributed by atoms with Gasteiger partial charge in [0.05, 0.1) is 18.1 Å². The van der Waals surface area contributed by atoms with E-state index in [-0.39, 0.29) is 5.82 Å². The van der Waals surface area contributed by atoms with Crippen LogP contribution in [0.1, 0.15) is 37.0 Å². The topological polar surface area (TPSA) is 100.0 Å². The lowest BCUT2D eigenvalue weighted by Crippen LogP contribution is -2.36. The van der Waals surface area contributed by atoms with Crippen molar-refractivity contribution in [3.8, 4) is 16.9 Å². The smallest absolute Gasteiger partial charge is 0.420 e. The first-order valence-corrected chi connectivity index (χ1v) is 12.4. The Kier molecular flexibility index (Phi) is 7.92. The van der Waals surface area contributed by atoms with Gasteiger partial charge in [-0.2, -0.15) is 0 Å². The zero-order valence-electron chi connectivity index (χ0n) is 22.2. The summed E-state index contributed by atoms with van der Waals surface area (Å²) in [6, 6.07) is 20.2. The van der Waals surface area contributed by atoms with Crippen LogP contribution in [-0.2, 0) is 16.1 Å². The van der Waals surface area contributed by atoms with E-state index < -0.39 is 23.7 Å². The molecule has 0 saturated heterocycles. The maximum Gasteiger partial charge on any atom is 0.420 e. The van der Waals surface area contributed by atoms with Gasteiger partial charge < -0.3 is 14.2 Å². The normalized spacial score (nSPS) is 11.2. The van der Waals surface area contributed by atoms with E-state index in [1.165, 1.54) is 7.05 Å². The van der Waals surface area contributed by atoms with Gasteiger partial charge in [0.25, 0.3) is 5.91 Å². The Morgan fingerprint density at radius 1 is 0.974 bits per heavy atom. The first-order valence-electron chi connectivity index (χ1n) is 12.1. The van der Waals surface area contributed by atoms with Crippen LogP contribution in [-0.4, -0.2) is 52.3 Å². The molecular formula is C29H28ClN3O6. The molecule has 202 valence electrons. The molecule has 3 aromatic carbocycles. The Balaban J connectivity index is 1.70. The van der Waals surface area contributed by atoms with Crippen LogP contribution in [0.3, 0.4) is 0 Å². The number of ether oxygens (including phenoxy) is 3. The first-order chi connectivity index (χ1) is 18.5. The molecule has 0 unspecified atom stereocenters. The molecule has 39 heavy (non-hydrogen) atoms. The number of amides is 2. The van der Waals surface area contributed by atoms with Crippen LogP contribution in [0.25, 0.3) is 22.2 Å². The quantitative estimate of drug-likeness (QED) is 0.278. The number of benzene rings is 3. The molecular weight excluding hydrogens is 522 g/mol. The molecule has 2 amide bonds. The van der Waals surface area contributed by atoms with Gasteiger partial charge in [-0.3, -0.25) is 4.79 Å². The number of hydrogen-bond acceptors (Lipinski definition) is 7. The lowest BCUT2D eigenvalue weighted by atomic mass is 10.0. The van der Waals surface area contributed by atoms with Crippen LogP contribution in [0.2, 0.25) is 5.02 Å². The number of imide groups is 1. The average Bonchev–Trinajstić information content (AvgIpc) is 3.29. The minimum Gasteiger partial charge on any atom is -0.489 e. The third-order valence-electron chi connectivity index (χ3n) is 5.64. The lowest BCUT2D eigenvalue weighted by Gasteiger charge is -2.21. The summed E-state index contributed by atoms with van der Waals surface area (Å²) in [5.74, 6) is -0.438. The average molecular weight is 550 g/mol. The number of rotatable bonds is 5. The third-order valence-corrected chi connectivity index (χ3v) is 5.87. The van der Waals surface area contributed by atoms with Gasteiger partial charge in [-0.05, 0) is 73.9 Å². The van der Waals surface area contributed by atoms with Crippen molar-refractivity contribution in [1.29, 1.82) is 0 Å². The molecule has 0 fully saturated rings. The van der Waals surface area contributed by atoms with Crippen LogP contribution >= 0.6 is 11.6 Å². The number of imidazole rings is 1. The second-order valence-electron chi connectivity index (χ2n) is 9.74. The van der Waals surface area contributed by atoms with E-state index in [0.29, 0.717) is 28.4 Å².